The number of halogens is 2. The number of fused-ring (bicyclic) bond motifs is 1. The highest BCUT2D eigenvalue weighted by atomic mass is 79.9. The number of nitro groups is 1. The number of nitro benzene ring substituents is 1. The third kappa shape index (κ3) is 6.38. The zero-order chi connectivity index (χ0) is 29.1. The van der Waals surface area contributed by atoms with Crippen LogP contribution in [0.3, 0.4) is 0 Å². The van der Waals surface area contributed by atoms with E-state index in [0.29, 0.717) is 26.8 Å². The van der Waals surface area contributed by atoms with Crippen LogP contribution in [-0.2, 0) is 6.61 Å². The van der Waals surface area contributed by atoms with Crippen LogP contribution in [-0.4, -0.2) is 31.9 Å². The average Bonchev–Trinajstić information content (AvgIpc) is 2.96. The number of hydrogen-bond acceptors (Lipinski definition) is 7. The number of aromatic nitrogens is 2. The first-order chi connectivity index (χ1) is 19.7. The van der Waals surface area contributed by atoms with Crippen LogP contribution in [0.5, 0.6) is 5.75 Å². The Balaban J connectivity index is 1.60. The quantitative estimate of drug-likeness (QED) is 0.120. The van der Waals surface area contributed by atoms with E-state index in [9.17, 15) is 24.8 Å². The molecule has 0 amide bonds. The lowest BCUT2D eigenvalue weighted by molar-refractivity contribution is -0.386. The predicted octanol–water partition coefficient (Wildman–Crippen LogP) is 7.04. The molecule has 1 heterocycles. The molecule has 0 spiro atoms. The number of benzene rings is 3. The average molecular weight is 684 g/mol. The standard InChI is InChI=1S/C29H24Br2N4O6/c30-21-9-10-24-23(13-21)28(36)34(27(33-24)18-6-2-1-3-7-18)32-15-20-12-22(31)14-25(35(39)40)26(20)41-16-17-5-4-8-19(11-17)29(37)38/h4-5,8-15,18H,1-3,6-7,16H2,(H,37,38). The molecule has 1 aromatic heterocycles. The van der Waals surface area contributed by atoms with Gasteiger partial charge in [0, 0.05) is 26.5 Å². The Labute approximate surface area is 251 Å². The Morgan fingerprint density at radius 1 is 1.12 bits per heavy atom. The lowest BCUT2D eigenvalue weighted by Gasteiger charge is -2.22. The Morgan fingerprint density at radius 2 is 1.90 bits per heavy atom. The molecule has 0 bridgehead atoms. The van der Waals surface area contributed by atoms with Crippen molar-refractivity contribution >= 4 is 60.6 Å². The molecule has 0 saturated heterocycles. The molecule has 0 aliphatic heterocycles. The van der Waals surface area contributed by atoms with Gasteiger partial charge in [-0.1, -0.05) is 63.3 Å². The summed E-state index contributed by atoms with van der Waals surface area (Å²) in [6.45, 7) is -0.122. The minimum atomic E-state index is -1.09. The summed E-state index contributed by atoms with van der Waals surface area (Å²) in [6.07, 6.45) is 6.32. The molecule has 41 heavy (non-hydrogen) atoms. The molecule has 0 radical (unpaired) electrons. The number of carboxylic acids is 1. The molecular formula is C29H24Br2N4O6. The minimum absolute atomic E-state index is 0.0516. The first-order valence-electron chi connectivity index (χ1n) is 12.9. The molecule has 1 aliphatic rings. The van der Waals surface area contributed by atoms with Crippen molar-refractivity contribution in [3.8, 4) is 5.75 Å². The van der Waals surface area contributed by atoms with E-state index in [0.717, 1.165) is 36.6 Å². The van der Waals surface area contributed by atoms with E-state index in [4.69, 9.17) is 9.72 Å². The first kappa shape index (κ1) is 28.6. The van der Waals surface area contributed by atoms with Crippen molar-refractivity contribution in [2.45, 2.75) is 44.6 Å². The molecule has 1 N–H and O–H groups in total. The number of carboxylic acid groups (broad SMARTS) is 1. The molecule has 0 atom stereocenters. The molecular weight excluding hydrogens is 660 g/mol. The van der Waals surface area contributed by atoms with E-state index in [-0.39, 0.29) is 40.6 Å². The van der Waals surface area contributed by atoms with Gasteiger partial charge in [0.05, 0.1) is 27.6 Å². The van der Waals surface area contributed by atoms with Gasteiger partial charge >= 0.3 is 11.7 Å². The molecule has 5 rings (SSSR count). The highest BCUT2D eigenvalue weighted by Gasteiger charge is 2.24. The Kier molecular flexibility index (Phi) is 8.60. The van der Waals surface area contributed by atoms with Crippen molar-refractivity contribution in [1.29, 1.82) is 0 Å². The van der Waals surface area contributed by atoms with Crippen molar-refractivity contribution in [2.75, 3.05) is 0 Å². The van der Waals surface area contributed by atoms with Gasteiger partial charge in [0.25, 0.3) is 5.56 Å². The molecule has 4 aromatic rings. The highest BCUT2D eigenvalue weighted by molar-refractivity contribution is 9.10. The Morgan fingerprint density at radius 3 is 2.63 bits per heavy atom. The Hall–Kier alpha value is -3.90. The molecule has 12 heteroatoms. The van der Waals surface area contributed by atoms with E-state index in [2.05, 4.69) is 37.0 Å². The van der Waals surface area contributed by atoms with Gasteiger partial charge in [-0.25, -0.2) is 9.78 Å². The van der Waals surface area contributed by atoms with Crippen LogP contribution in [0.15, 0.2) is 73.4 Å². The summed E-state index contributed by atoms with van der Waals surface area (Å²) in [5, 5.41) is 26.2. The second kappa shape index (κ2) is 12.3. The normalized spacial score (nSPS) is 14.0. The van der Waals surface area contributed by atoms with Crippen LogP contribution < -0.4 is 10.3 Å². The summed E-state index contributed by atoms with van der Waals surface area (Å²) in [5.74, 6) is -0.551. The predicted molar refractivity (Wildman–Crippen MR) is 161 cm³/mol. The summed E-state index contributed by atoms with van der Waals surface area (Å²) in [7, 11) is 0. The number of rotatable bonds is 8. The van der Waals surface area contributed by atoms with E-state index >= 15 is 0 Å². The zero-order valence-electron chi connectivity index (χ0n) is 21.6. The Bertz CT molecular complexity index is 1750. The van der Waals surface area contributed by atoms with Gasteiger partial charge in [0.1, 0.15) is 12.4 Å². The summed E-state index contributed by atoms with van der Waals surface area (Å²) in [5.41, 5.74) is 0.779. The first-order valence-corrected chi connectivity index (χ1v) is 14.5. The summed E-state index contributed by atoms with van der Waals surface area (Å²) in [6, 6.07) is 14.4. The van der Waals surface area contributed by atoms with Gasteiger partial charge in [0.2, 0.25) is 5.75 Å². The maximum absolute atomic E-state index is 13.7. The summed E-state index contributed by atoms with van der Waals surface area (Å²) < 4.78 is 8.34. The SMILES string of the molecule is O=C(O)c1cccc(COc2c(C=Nn3c(C4CCCCC4)nc4ccc(Br)cc4c3=O)cc(Br)cc2[N+](=O)[O-])c1. The fourth-order valence-corrected chi connectivity index (χ4v) is 5.79. The molecule has 0 unspecified atom stereocenters. The number of ether oxygens (including phenoxy) is 1. The van der Waals surface area contributed by atoms with E-state index in [1.807, 2.05) is 6.07 Å². The van der Waals surface area contributed by atoms with Crippen molar-refractivity contribution in [1.82, 2.24) is 9.66 Å². The molecule has 10 nitrogen and oxygen atoms in total. The zero-order valence-corrected chi connectivity index (χ0v) is 24.8. The smallest absolute Gasteiger partial charge is 0.335 e. The van der Waals surface area contributed by atoms with Gasteiger partial charge in [-0.15, -0.1) is 0 Å². The fourth-order valence-electron chi connectivity index (χ4n) is 4.96. The lowest BCUT2D eigenvalue weighted by atomic mass is 9.88. The molecule has 210 valence electrons. The fraction of sp³-hybridized carbons (Fsp3) is 0.241. The molecule has 1 aliphatic carbocycles. The van der Waals surface area contributed by atoms with E-state index in [1.165, 1.54) is 29.1 Å². The monoisotopic (exact) mass is 682 g/mol. The molecule has 3 aromatic carbocycles. The molecule has 1 fully saturated rings. The van der Waals surface area contributed by atoms with E-state index in [1.54, 1.807) is 30.3 Å². The second-order valence-corrected chi connectivity index (χ2v) is 11.6. The third-order valence-electron chi connectivity index (χ3n) is 6.93. The number of aromatic carboxylic acids is 1. The minimum Gasteiger partial charge on any atom is -0.481 e. The van der Waals surface area contributed by atoms with Crippen molar-refractivity contribution in [3.05, 3.63) is 107 Å². The van der Waals surface area contributed by atoms with Gasteiger partial charge in [-0.2, -0.15) is 9.78 Å². The van der Waals surface area contributed by atoms with Crippen molar-refractivity contribution in [3.63, 3.8) is 0 Å². The number of nitrogens with zero attached hydrogens (tertiary/aromatic N) is 4. The largest absolute Gasteiger partial charge is 0.481 e. The third-order valence-corrected chi connectivity index (χ3v) is 7.88. The van der Waals surface area contributed by atoms with Crippen LogP contribution >= 0.6 is 31.9 Å². The van der Waals surface area contributed by atoms with Crippen molar-refractivity contribution < 1.29 is 19.6 Å². The van der Waals surface area contributed by atoms with Crippen LogP contribution in [0, 0.1) is 10.1 Å². The van der Waals surface area contributed by atoms with Crippen LogP contribution in [0.25, 0.3) is 10.9 Å². The van der Waals surface area contributed by atoms with Crippen molar-refractivity contribution in [2.24, 2.45) is 5.10 Å². The van der Waals surface area contributed by atoms with Gasteiger partial charge in [0.15, 0.2) is 0 Å². The highest BCUT2D eigenvalue weighted by Crippen LogP contribution is 2.35. The lowest BCUT2D eigenvalue weighted by Crippen LogP contribution is -2.25. The number of hydrogen-bond donors (Lipinski definition) is 1. The summed E-state index contributed by atoms with van der Waals surface area (Å²) >= 11 is 6.74. The van der Waals surface area contributed by atoms with Gasteiger partial charge in [-0.3, -0.25) is 14.9 Å². The van der Waals surface area contributed by atoms with Gasteiger partial charge in [-0.05, 0) is 54.8 Å². The molecule has 1 saturated carbocycles. The van der Waals surface area contributed by atoms with Crippen LogP contribution in [0.4, 0.5) is 5.69 Å². The van der Waals surface area contributed by atoms with E-state index < -0.39 is 10.9 Å². The second-order valence-electron chi connectivity index (χ2n) is 9.72. The maximum Gasteiger partial charge on any atom is 0.335 e. The summed E-state index contributed by atoms with van der Waals surface area (Å²) in [4.78, 5) is 41.3. The maximum atomic E-state index is 13.7. The van der Waals surface area contributed by atoms with Crippen LogP contribution in [0.2, 0.25) is 0 Å². The topological polar surface area (TPSA) is 137 Å². The number of carbonyl (C=O) groups is 1. The van der Waals surface area contributed by atoms with Crippen LogP contribution in [0.1, 0.15) is 65.3 Å². The van der Waals surface area contributed by atoms with Gasteiger partial charge < -0.3 is 9.84 Å².